The highest BCUT2D eigenvalue weighted by Crippen LogP contribution is 2.25. The second-order valence-corrected chi connectivity index (χ2v) is 4.79. The molecule has 5 nitrogen and oxygen atoms in total. The first kappa shape index (κ1) is 14.8. The summed E-state index contributed by atoms with van der Waals surface area (Å²) in [5.41, 5.74) is 0.531. The van der Waals surface area contributed by atoms with E-state index in [1.54, 1.807) is 31.2 Å². The van der Waals surface area contributed by atoms with Crippen molar-refractivity contribution in [3.05, 3.63) is 29.8 Å². The van der Waals surface area contributed by atoms with Gasteiger partial charge >= 0.3 is 5.97 Å². The van der Waals surface area contributed by atoms with Crippen LogP contribution in [0.25, 0.3) is 0 Å². The molecule has 0 bridgehead atoms. The Bertz CT molecular complexity index is 443. The highest BCUT2D eigenvalue weighted by molar-refractivity contribution is 5.78. The predicted octanol–water partition coefficient (Wildman–Crippen LogP) is 1.76. The maximum absolute atomic E-state index is 12.1. The Hall–Kier alpha value is -1.59. The lowest BCUT2D eigenvalue weighted by Gasteiger charge is -2.20. The van der Waals surface area contributed by atoms with Crippen LogP contribution in [-0.2, 0) is 14.3 Å². The van der Waals surface area contributed by atoms with Gasteiger partial charge in [0.15, 0.2) is 0 Å². The monoisotopic (exact) mass is 279 g/mol. The molecule has 1 fully saturated rings. The van der Waals surface area contributed by atoms with Crippen molar-refractivity contribution in [2.75, 3.05) is 19.8 Å². The molecule has 1 aromatic rings. The number of phenols is 1. The van der Waals surface area contributed by atoms with Gasteiger partial charge in [-0.25, -0.2) is 4.79 Å². The molecule has 2 N–H and O–H groups in total. The number of carbonyl (C=O) groups is 1. The van der Waals surface area contributed by atoms with Gasteiger partial charge in [0, 0.05) is 18.7 Å². The Morgan fingerprint density at radius 3 is 3.00 bits per heavy atom. The van der Waals surface area contributed by atoms with Crippen molar-refractivity contribution in [2.45, 2.75) is 31.9 Å². The van der Waals surface area contributed by atoms with Crippen molar-refractivity contribution < 1.29 is 19.4 Å². The van der Waals surface area contributed by atoms with Crippen LogP contribution >= 0.6 is 0 Å². The SMILES string of the molecule is CCOC(=O)C(NCC1CCCO1)c1ccccc1O. The molecule has 0 spiro atoms. The van der Waals surface area contributed by atoms with Gasteiger partial charge in [-0.15, -0.1) is 0 Å². The van der Waals surface area contributed by atoms with E-state index in [0.29, 0.717) is 18.7 Å². The molecular formula is C15H21NO4. The van der Waals surface area contributed by atoms with Gasteiger partial charge in [0.2, 0.25) is 0 Å². The minimum atomic E-state index is -0.666. The zero-order chi connectivity index (χ0) is 14.4. The van der Waals surface area contributed by atoms with Crippen molar-refractivity contribution in [3.8, 4) is 5.75 Å². The van der Waals surface area contributed by atoms with Crippen molar-refractivity contribution in [1.29, 1.82) is 0 Å². The highest BCUT2D eigenvalue weighted by Gasteiger charge is 2.26. The molecule has 0 saturated carbocycles. The van der Waals surface area contributed by atoms with Gasteiger partial charge in [-0.2, -0.15) is 0 Å². The van der Waals surface area contributed by atoms with Gasteiger partial charge < -0.3 is 14.6 Å². The zero-order valence-corrected chi connectivity index (χ0v) is 11.7. The molecule has 1 heterocycles. The van der Waals surface area contributed by atoms with Crippen LogP contribution in [0.5, 0.6) is 5.75 Å². The molecule has 110 valence electrons. The van der Waals surface area contributed by atoms with Crippen LogP contribution in [0.3, 0.4) is 0 Å². The third-order valence-corrected chi connectivity index (χ3v) is 3.34. The van der Waals surface area contributed by atoms with Crippen LogP contribution in [0.15, 0.2) is 24.3 Å². The van der Waals surface area contributed by atoms with E-state index in [2.05, 4.69) is 5.32 Å². The molecule has 2 unspecified atom stereocenters. The summed E-state index contributed by atoms with van der Waals surface area (Å²) in [6, 6.07) is 6.13. The van der Waals surface area contributed by atoms with Crippen LogP contribution < -0.4 is 5.32 Å². The largest absolute Gasteiger partial charge is 0.508 e. The fraction of sp³-hybridized carbons (Fsp3) is 0.533. The topological polar surface area (TPSA) is 67.8 Å². The molecule has 0 amide bonds. The fourth-order valence-electron chi connectivity index (χ4n) is 2.33. The summed E-state index contributed by atoms with van der Waals surface area (Å²) < 4.78 is 10.6. The van der Waals surface area contributed by atoms with Gasteiger partial charge in [-0.1, -0.05) is 18.2 Å². The van der Waals surface area contributed by atoms with Crippen LogP contribution in [0.2, 0.25) is 0 Å². The number of carbonyl (C=O) groups excluding carboxylic acids is 1. The first-order valence-electron chi connectivity index (χ1n) is 7.02. The van der Waals surface area contributed by atoms with Crippen LogP contribution in [0.1, 0.15) is 31.4 Å². The standard InChI is InChI=1S/C15H21NO4/c1-2-19-15(18)14(12-7-3-4-8-13(12)17)16-10-11-6-5-9-20-11/h3-4,7-8,11,14,16-17H,2,5-6,9-10H2,1H3. The van der Waals surface area contributed by atoms with Crippen molar-refractivity contribution in [1.82, 2.24) is 5.32 Å². The Morgan fingerprint density at radius 2 is 2.35 bits per heavy atom. The average Bonchev–Trinajstić information content (AvgIpc) is 2.94. The van der Waals surface area contributed by atoms with Crippen LogP contribution in [0.4, 0.5) is 0 Å². The Balaban J connectivity index is 2.07. The first-order chi connectivity index (χ1) is 9.72. The van der Waals surface area contributed by atoms with E-state index in [-0.39, 0.29) is 17.8 Å². The normalized spacial score (nSPS) is 19.8. The van der Waals surface area contributed by atoms with Crippen LogP contribution in [0, 0.1) is 0 Å². The summed E-state index contributed by atoms with van der Waals surface area (Å²) in [7, 11) is 0. The predicted molar refractivity (Wildman–Crippen MR) is 74.5 cm³/mol. The van der Waals surface area contributed by atoms with E-state index in [1.165, 1.54) is 0 Å². The fourth-order valence-corrected chi connectivity index (χ4v) is 2.33. The number of phenolic OH excluding ortho intramolecular Hbond substituents is 1. The van der Waals surface area contributed by atoms with Crippen molar-refractivity contribution in [3.63, 3.8) is 0 Å². The number of hydrogen-bond acceptors (Lipinski definition) is 5. The second-order valence-electron chi connectivity index (χ2n) is 4.79. The molecule has 2 rings (SSSR count). The second kappa shape index (κ2) is 7.26. The summed E-state index contributed by atoms with van der Waals surface area (Å²) in [4.78, 5) is 12.1. The molecule has 1 aliphatic heterocycles. The van der Waals surface area contributed by atoms with E-state index < -0.39 is 6.04 Å². The van der Waals surface area contributed by atoms with E-state index >= 15 is 0 Å². The van der Waals surface area contributed by atoms with Gasteiger partial charge in [-0.05, 0) is 25.8 Å². The summed E-state index contributed by atoms with van der Waals surface area (Å²) in [5.74, 6) is -0.294. The number of ether oxygens (including phenoxy) is 2. The Morgan fingerprint density at radius 1 is 1.55 bits per heavy atom. The molecule has 5 heteroatoms. The molecule has 1 aliphatic rings. The van der Waals surface area contributed by atoms with Crippen LogP contribution in [-0.4, -0.2) is 36.9 Å². The number of aromatic hydroxyl groups is 1. The number of rotatable bonds is 6. The van der Waals surface area contributed by atoms with Gasteiger partial charge in [0.25, 0.3) is 0 Å². The Kier molecular flexibility index (Phi) is 5.38. The molecular weight excluding hydrogens is 258 g/mol. The zero-order valence-electron chi connectivity index (χ0n) is 11.7. The molecule has 1 saturated heterocycles. The third kappa shape index (κ3) is 3.71. The summed E-state index contributed by atoms with van der Waals surface area (Å²) in [6.45, 7) is 3.41. The molecule has 0 aliphatic carbocycles. The maximum atomic E-state index is 12.1. The lowest BCUT2D eigenvalue weighted by molar-refractivity contribution is -0.146. The molecule has 20 heavy (non-hydrogen) atoms. The maximum Gasteiger partial charge on any atom is 0.327 e. The van der Waals surface area contributed by atoms with Gasteiger partial charge in [-0.3, -0.25) is 5.32 Å². The summed E-state index contributed by atoms with van der Waals surface area (Å²) >= 11 is 0. The lowest BCUT2D eigenvalue weighted by atomic mass is 10.1. The number of nitrogens with one attached hydrogen (secondary N) is 1. The summed E-state index contributed by atoms with van der Waals surface area (Å²) in [5, 5.41) is 13.1. The van der Waals surface area contributed by atoms with Crippen molar-refractivity contribution in [2.24, 2.45) is 0 Å². The van der Waals surface area contributed by atoms with Gasteiger partial charge in [0.05, 0.1) is 12.7 Å². The first-order valence-corrected chi connectivity index (χ1v) is 7.02. The smallest absolute Gasteiger partial charge is 0.327 e. The molecule has 0 aromatic heterocycles. The minimum Gasteiger partial charge on any atom is -0.508 e. The van der Waals surface area contributed by atoms with Gasteiger partial charge in [0.1, 0.15) is 11.8 Å². The Labute approximate surface area is 118 Å². The number of esters is 1. The average molecular weight is 279 g/mol. The number of hydrogen-bond donors (Lipinski definition) is 2. The quantitative estimate of drug-likeness (QED) is 0.777. The minimum absolute atomic E-state index is 0.0883. The lowest BCUT2D eigenvalue weighted by Crippen LogP contribution is -2.35. The summed E-state index contributed by atoms with van der Waals surface area (Å²) in [6.07, 6.45) is 2.16. The van der Waals surface area contributed by atoms with E-state index in [4.69, 9.17) is 9.47 Å². The molecule has 1 aromatic carbocycles. The van der Waals surface area contributed by atoms with Crippen molar-refractivity contribution >= 4 is 5.97 Å². The third-order valence-electron chi connectivity index (χ3n) is 3.34. The number of para-hydroxylation sites is 1. The van der Waals surface area contributed by atoms with E-state index in [1.807, 2.05) is 0 Å². The van der Waals surface area contributed by atoms with E-state index in [0.717, 1.165) is 19.4 Å². The molecule has 2 atom stereocenters. The van der Waals surface area contributed by atoms with E-state index in [9.17, 15) is 9.90 Å². The molecule has 0 radical (unpaired) electrons. The highest BCUT2D eigenvalue weighted by atomic mass is 16.5. The number of benzene rings is 1.